The highest BCUT2D eigenvalue weighted by molar-refractivity contribution is 5.73. The van der Waals surface area contributed by atoms with E-state index in [0.717, 1.165) is 11.3 Å². The molecule has 1 amide bonds. The van der Waals surface area contributed by atoms with Crippen LogP contribution in [0.5, 0.6) is 0 Å². The number of non-ortho nitro benzene ring substituents is 1. The lowest BCUT2D eigenvalue weighted by Crippen LogP contribution is -2.44. The SMILES string of the molecule is Cn1nc(Nc2cccc([N+](=O)[O-])c2)c2c1C(C)(C)N(C(=O)OC(C)(C)C)C2. The van der Waals surface area contributed by atoms with E-state index in [9.17, 15) is 14.9 Å². The van der Waals surface area contributed by atoms with Crippen molar-refractivity contribution in [3.05, 3.63) is 45.6 Å². The van der Waals surface area contributed by atoms with E-state index in [1.165, 1.54) is 12.1 Å². The Bertz CT molecular complexity index is 942. The number of hydrogen-bond acceptors (Lipinski definition) is 6. The molecule has 0 spiro atoms. The number of amides is 1. The van der Waals surface area contributed by atoms with Crippen molar-refractivity contribution >= 4 is 23.3 Å². The Morgan fingerprint density at radius 1 is 1.36 bits per heavy atom. The summed E-state index contributed by atoms with van der Waals surface area (Å²) in [5.41, 5.74) is 1.11. The highest BCUT2D eigenvalue weighted by Gasteiger charge is 2.46. The molecule has 9 nitrogen and oxygen atoms in total. The number of aryl methyl sites for hydroxylation is 1. The van der Waals surface area contributed by atoms with Gasteiger partial charge in [-0.3, -0.25) is 19.7 Å². The van der Waals surface area contributed by atoms with Gasteiger partial charge in [0, 0.05) is 30.4 Å². The van der Waals surface area contributed by atoms with Gasteiger partial charge in [0.05, 0.1) is 22.7 Å². The maximum Gasteiger partial charge on any atom is 0.411 e. The molecule has 0 aliphatic carbocycles. The summed E-state index contributed by atoms with van der Waals surface area (Å²) in [6.07, 6.45) is -0.394. The average molecular weight is 387 g/mol. The van der Waals surface area contributed by atoms with Gasteiger partial charge in [-0.05, 0) is 40.7 Å². The molecule has 2 aromatic rings. The third-order valence-electron chi connectivity index (χ3n) is 4.65. The zero-order chi connectivity index (χ0) is 20.9. The largest absolute Gasteiger partial charge is 0.444 e. The van der Waals surface area contributed by atoms with Gasteiger partial charge in [0.1, 0.15) is 5.60 Å². The number of nitro groups is 1. The number of aromatic nitrogens is 2. The Hall–Kier alpha value is -3.10. The van der Waals surface area contributed by atoms with Gasteiger partial charge in [-0.15, -0.1) is 0 Å². The molecule has 0 atom stereocenters. The number of nitrogens with zero attached hydrogens (tertiary/aromatic N) is 4. The Labute approximate surface area is 163 Å². The number of nitrogens with one attached hydrogen (secondary N) is 1. The number of fused-ring (bicyclic) bond motifs is 1. The summed E-state index contributed by atoms with van der Waals surface area (Å²) in [5.74, 6) is 0.567. The number of rotatable bonds is 3. The van der Waals surface area contributed by atoms with Crippen LogP contribution in [0.2, 0.25) is 0 Å². The van der Waals surface area contributed by atoms with Crippen LogP contribution in [-0.2, 0) is 23.9 Å². The van der Waals surface area contributed by atoms with Gasteiger partial charge in [-0.1, -0.05) is 6.07 Å². The molecular formula is C19H25N5O4. The van der Waals surface area contributed by atoms with E-state index < -0.39 is 22.2 Å². The van der Waals surface area contributed by atoms with E-state index in [1.807, 2.05) is 41.7 Å². The fourth-order valence-corrected chi connectivity index (χ4v) is 3.51. The summed E-state index contributed by atoms with van der Waals surface area (Å²) >= 11 is 0. The third kappa shape index (κ3) is 3.51. The van der Waals surface area contributed by atoms with Crippen LogP contribution in [0.1, 0.15) is 45.9 Å². The van der Waals surface area contributed by atoms with Gasteiger partial charge < -0.3 is 10.1 Å². The molecule has 1 aliphatic rings. The van der Waals surface area contributed by atoms with Crippen molar-refractivity contribution in [2.24, 2.45) is 7.05 Å². The number of carbonyl (C=O) groups excluding carboxylic acids is 1. The molecule has 0 unspecified atom stereocenters. The Kier molecular flexibility index (Phi) is 4.57. The first-order chi connectivity index (χ1) is 12.9. The topological polar surface area (TPSA) is 103 Å². The van der Waals surface area contributed by atoms with Gasteiger partial charge in [0.15, 0.2) is 5.82 Å². The lowest BCUT2D eigenvalue weighted by Gasteiger charge is -2.34. The number of hydrogen-bond donors (Lipinski definition) is 1. The molecule has 0 bridgehead atoms. The Balaban J connectivity index is 1.93. The second kappa shape index (κ2) is 6.50. The van der Waals surface area contributed by atoms with E-state index in [-0.39, 0.29) is 5.69 Å². The highest BCUT2D eigenvalue weighted by Crippen LogP contribution is 2.43. The molecule has 9 heteroatoms. The van der Waals surface area contributed by atoms with Crippen LogP contribution in [-0.4, -0.2) is 31.3 Å². The minimum absolute atomic E-state index is 0.00621. The van der Waals surface area contributed by atoms with Crippen molar-refractivity contribution in [1.82, 2.24) is 14.7 Å². The zero-order valence-electron chi connectivity index (χ0n) is 16.9. The van der Waals surface area contributed by atoms with Gasteiger partial charge >= 0.3 is 6.09 Å². The number of ether oxygens (including phenoxy) is 1. The fraction of sp³-hybridized carbons (Fsp3) is 0.474. The van der Waals surface area contributed by atoms with Crippen molar-refractivity contribution in [2.75, 3.05) is 5.32 Å². The standard InChI is InChI=1S/C19H25N5O4/c1-18(2,3)28-17(25)23-11-14-15(19(23,4)5)22(6)21-16(14)20-12-8-7-9-13(10-12)24(26)27/h7-10H,11H2,1-6H3,(H,20,21). The van der Waals surface area contributed by atoms with E-state index in [0.29, 0.717) is 18.1 Å². The minimum Gasteiger partial charge on any atom is -0.444 e. The molecule has 28 heavy (non-hydrogen) atoms. The zero-order valence-corrected chi connectivity index (χ0v) is 16.9. The van der Waals surface area contributed by atoms with E-state index >= 15 is 0 Å². The molecule has 0 saturated heterocycles. The smallest absolute Gasteiger partial charge is 0.411 e. The molecule has 3 rings (SSSR count). The summed E-state index contributed by atoms with van der Waals surface area (Å²) in [7, 11) is 1.82. The van der Waals surface area contributed by atoms with E-state index in [2.05, 4.69) is 10.4 Å². The highest BCUT2D eigenvalue weighted by atomic mass is 16.6. The van der Waals surface area contributed by atoms with Crippen LogP contribution in [0.4, 0.5) is 22.0 Å². The number of benzene rings is 1. The van der Waals surface area contributed by atoms with Gasteiger partial charge in [-0.25, -0.2) is 4.79 Å². The summed E-state index contributed by atoms with van der Waals surface area (Å²) in [6.45, 7) is 9.72. The molecular weight excluding hydrogens is 362 g/mol. The molecule has 0 fully saturated rings. The molecule has 0 saturated carbocycles. The maximum atomic E-state index is 12.7. The van der Waals surface area contributed by atoms with Crippen molar-refractivity contribution in [1.29, 1.82) is 0 Å². The van der Waals surface area contributed by atoms with E-state index in [1.54, 1.807) is 21.7 Å². The van der Waals surface area contributed by atoms with Crippen LogP contribution >= 0.6 is 0 Å². The first-order valence-electron chi connectivity index (χ1n) is 8.98. The molecule has 2 heterocycles. The number of anilines is 2. The van der Waals surface area contributed by atoms with E-state index in [4.69, 9.17) is 4.74 Å². The summed E-state index contributed by atoms with van der Waals surface area (Å²) in [6, 6.07) is 6.23. The van der Waals surface area contributed by atoms with Gasteiger partial charge in [0.25, 0.3) is 5.69 Å². The van der Waals surface area contributed by atoms with Crippen LogP contribution in [0.15, 0.2) is 24.3 Å². The van der Waals surface area contributed by atoms with Crippen molar-refractivity contribution in [3.8, 4) is 0 Å². The Morgan fingerprint density at radius 3 is 2.64 bits per heavy atom. The second-order valence-corrected chi connectivity index (χ2v) is 8.36. The van der Waals surface area contributed by atoms with Gasteiger partial charge in [-0.2, -0.15) is 5.10 Å². The maximum absolute atomic E-state index is 12.7. The Morgan fingerprint density at radius 2 is 2.04 bits per heavy atom. The fourth-order valence-electron chi connectivity index (χ4n) is 3.51. The summed E-state index contributed by atoms with van der Waals surface area (Å²) in [5, 5.41) is 18.7. The molecule has 150 valence electrons. The predicted octanol–water partition coefficient (Wildman–Crippen LogP) is 4.06. The lowest BCUT2D eigenvalue weighted by molar-refractivity contribution is -0.384. The normalized spacial score (nSPS) is 15.3. The van der Waals surface area contributed by atoms with Crippen molar-refractivity contribution in [2.45, 2.75) is 52.3 Å². The lowest BCUT2D eigenvalue weighted by atomic mass is 10.0. The first-order valence-corrected chi connectivity index (χ1v) is 8.98. The van der Waals surface area contributed by atoms with Crippen LogP contribution in [0, 0.1) is 10.1 Å². The summed E-state index contributed by atoms with van der Waals surface area (Å²) < 4.78 is 7.30. The van der Waals surface area contributed by atoms with Crippen LogP contribution < -0.4 is 5.32 Å². The molecule has 1 N–H and O–H groups in total. The quantitative estimate of drug-likeness (QED) is 0.629. The van der Waals surface area contributed by atoms with Crippen molar-refractivity contribution in [3.63, 3.8) is 0 Å². The summed E-state index contributed by atoms with van der Waals surface area (Å²) in [4.78, 5) is 25.0. The second-order valence-electron chi connectivity index (χ2n) is 8.36. The molecule has 0 radical (unpaired) electrons. The van der Waals surface area contributed by atoms with Gasteiger partial charge in [0.2, 0.25) is 0 Å². The predicted molar refractivity (Wildman–Crippen MR) is 104 cm³/mol. The number of carbonyl (C=O) groups is 1. The first kappa shape index (κ1) is 19.7. The van der Waals surface area contributed by atoms with Crippen molar-refractivity contribution < 1.29 is 14.5 Å². The molecule has 1 aromatic carbocycles. The van der Waals surface area contributed by atoms with Crippen LogP contribution in [0.25, 0.3) is 0 Å². The molecule has 1 aromatic heterocycles. The minimum atomic E-state index is -0.609. The number of nitro benzene ring substituents is 1. The van der Waals surface area contributed by atoms with Crippen LogP contribution in [0.3, 0.4) is 0 Å². The average Bonchev–Trinajstić information content (AvgIpc) is 3.01. The molecule has 1 aliphatic heterocycles. The monoisotopic (exact) mass is 387 g/mol. The third-order valence-corrected chi connectivity index (χ3v) is 4.65.